The number of aliphatic hydroxyl groups is 1. The first-order chi connectivity index (χ1) is 9.10. The number of nitrogens with zero attached hydrogens (tertiary/aromatic N) is 1. The summed E-state index contributed by atoms with van der Waals surface area (Å²) in [6.07, 6.45) is 0. The van der Waals surface area contributed by atoms with E-state index in [9.17, 15) is 13.5 Å². The predicted molar refractivity (Wildman–Crippen MR) is 81.5 cm³/mol. The van der Waals surface area contributed by atoms with Crippen LogP contribution < -0.4 is 9.62 Å². The summed E-state index contributed by atoms with van der Waals surface area (Å²) in [6, 6.07) is 6.49. The molecule has 0 aromatic heterocycles. The van der Waals surface area contributed by atoms with E-state index in [1.807, 2.05) is 25.8 Å². The summed E-state index contributed by atoms with van der Waals surface area (Å²) in [5.41, 5.74) is 0.448. The van der Waals surface area contributed by atoms with Gasteiger partial charge in [-0.3, -0.25) is 0 Å². The molecular formula is C14H24N2O3S. The average Bonchev–Trinajstić information content (AvgIpc) is 2.36. The van der Waals surface area contributed by atoms with Crippen LogP contribution in [0.1, 0.15) is 27.7 Å². The highest BCUT2D eigenvalue weighted by Crippen LogP contribution is 2.23. The fraction of sp³-hybridized carbons (Fsp3) is 0.571. The van der Waals surface area contributed by atoms with Crippen molar-refractivity contribution < 1.29 is 13.5 Å². The lowest BCUT2D eigenvalue weighted by Gasteiger charge is -2.35. The van der Waals surface area contributed by atoms with Gasteiger partial charge in [-0.25, -0.2) is 13.1 Å². The number of sulfonamides is 1. The minimum absolute atomic E-state index is 0.0124. The molecule has 5 nitrogen and oxygen atoms in total. The maximum atomic E-state index is 12.0. The SMILES string of the molecule is CC(C)NS(=O)(=O)c1ccc(N(C)C(C)(C)CO)cc1. The molecule has 1 aromatic carbocycles. The maximum Gasteiger partial charge on any atom is 0.240 e. The summed E-state index contributed by atoms with van der Waals surface area (Å²) >= 11 is 0. The Morgan fingerprint density at radius 3 is 2.15 bits per heavy atom. The van der Waals surface area contributed by atoms with E-state index in [0.29, 0.717) is 0 Å². The van der Waals surface area contributed by atoms with Gasteiger partial charge in [0.1, 0.15) is 0 Å². The van der Waals surface area contributed by atoms with Crippen molar-refractivity contribution in [3.8, 4) is 0 Å². The van der Waals surface area contributed by atoms with E-state index in [4.69, 9.17) is 0 Å². The van der Waals surface area contributed by atoms with E-state index in [1.54, 1.807) is 38.1 Å². The molecule has 0 bridgehead atoms. The molecule has 1 aromatic rings. The van der Waals surface area contributed by atoms with E-state index in [1.165, 1.54) is 0 Å². The van der Waals surface area contributed by atoms with Crippen molar-refractivity contribution in [2.45, 2.75) is 44.2 Å². The van der Waals surface area contributed by atoms with Crippen LogP contribution in [-0.4, -0.2) is 38.8 Å². The Kier molecular flexibility index (Phi) is 5.18. The Balaban J connectivity index is 3.01. The molecule has 1 rings (SSSR count). The highest BCUT2D eigenvalue weighted by atomic mass is 32.2. The van der Waals surface area contributed by atoms with Crippen LogP contribution in [0.3, 0.4) is 0 Å². The number of benzene rings is 1. The van der Waals surface area contributed by atoms with Crippen LogP contribution in [0.25, 0.3) is 0 Å². The van der Waals surface area contributed by atoms with Crippen molar-refractivity contribution in [1.82, 2.24) is 4.72 Å². The molecule has 0 spiro atoms. The monoisotopic (exact) mass is 300 g/mol. The van der Waals surface area contributed by atoms with Gasteiger partial charge in [-0.1, -0.05) is 0 Å². The number of nitrogens with one attached hydrogen (secondary N) is 1. The topological polar surface area (TPSA) is 69.6 Å². The van der Waals surface area contributed by atoms with E-state index in [2.05, 4.69) is 4.72 Å². The van der Waals surface area contributed by atoms with Crippen LogP contribution >= 0.6 is 0 Å². The minimum atomic E-state index is -3.46. The van der Waals surface area contributed by atoms with Crippen molar-refractivity contribution in [3.63, 3.8) is 0 Å². The number of rotatable bonds is 6. The zero-order chi connectivity index (χ0) is 15.6. The summed E-state index contributed by atoms with van der Waals surface area (Å²) in [4.78, 5) is 2.16. The number of likely N-dealkylation sites (N-methyl/N-ethyl adjacent to an activating group) is 1. The van der Waals surface area contributed by atoms with E-state index < -0.39 is 15.6 Å². The second kappa shape index (κ2) is 6.11. The van der Waals surface area contributed by atoms with Crippen molar-refractivity contribution in [2.24, 2.45) is 0 Å². The quantitative estimate of drug-likeness (QED) is 0.837. The third kappa shape index (κ3) is 3.94. The Hall–Kier alpha value is -1.11. The summed E-state index contributed by atoms with van der Waals surface area (Å²) in [5, 5.41) is 9.36. The van der Waals surface area contributed by atoms with Gasteiger partial charge < -0.3 is 10.0 Å². The molecule has 0 radical (unpaired) electrons. The molecule has 0 fully saturated rings. The molecule has 0 unspecified atom stereocenters. The molecule has 0 saturated heterocycles. The molecule has 0 aliphatic carbocycles. The molecule has 0 atom stereocenters. The predicted octanol–water partition coefficient (Wildman–Crippen LogP) is 1.58. The maximum absolute atomic E-state index is 12.0. The summed E-state index contributed by atoms with van der Waals surface area (Å²) in [7, 11) is -1.59. The standard InChI is InChI=1S/C14H24N2O3S/c1-11(2)15-20(18,19)13-8-6-12(7-9-13)16(5)14(3,4)10-17/h6-9,11,15,17H,10H2,1-5H3. The minimum Gasteiger partial charge on any atom is -0.394 e. The molecule has 114 valence electrons. The Morgan fingerprint density at radius 2 is 1.75 bits per heavy atom. The Labute approximate surface area is 121 Å². The second-order valence-electron chi connectivity index (χ2n) is 5.80. The molecule has 0 aliphatic rings. The third-order valence-electron chi connectivity index (χ3n) is 3.22. The summed E-state index contributed by atoms with van der Waals surface area (Å²) < 4.78 is 26.6. The number of aliphatic hydroxyl groups excluding tert-OH is 1. The lowest BCUT2D eigenvalue weighted by Crippen LogP contribution is -2.44. The van der Waals surface area contributed by atoms with Crippen LogP contribution in [0.2, 0.25) is 0 Å². The normalized spacial score (nSPS) is 12.8. The van der Waals surface area contributed by atoms with Gasteiger partial charge in [0.2, 0.25) is 10.0 Å². The molecule has 0 amide bonds. The van der Waals surface area contributed by atoms with Crippen LogP contribution in [0.5, 0.6) is 0 Å². The molecule has 20 heavy (non-hydrogen) atoms. The van der Waals surface area contributed by atoms with Crippen LogP contribution in [0, 0.1) is 0 Å². The van der Waals surface area contributed by atoms with Crippen molar-refractivity contribution in [2.75, 3.05) is 18.6 Å². The molecule has 0 aliphatic heterocycles. The Bertz CT molecular complexity index is 536. The van der Waals surface area contributed by atoms with E-state index >= 15 is 0 Å². The lowest BCUT2D eigenvalue weighted by atomic mass is 10.0. The van der Waals surface area contributed by atoms with Crippen LogP contribution in [0.4, 0.5) is 5.69 Å². The first-order valence-corrected chi connectivity index (χ1v) is 8.05. The van der Waals surface area contributed by atoms with Gasteiger partial charge >= 0.3 is 0 Å². The highest BCUT2D eigenvalue weighted by molar-refractivity contribution is 7.89. The molecule has 6 heteroatoms. The Morgan fingerprint density at radius 1 is 1.25 bits per heavy atom. The number of anilines is 1. The van der Waals surface area contributed by atoms with Gasteiger partial charge in [0.25, 0.3) is 0 Å². The van der Waals surface area contributed by atoms with Crippen molar-refractivity contribution >= 4 is 15.7 Å². The first-order valence-electron chi connectivity index (χ1n) is 6.57. The van der Waals surface area contributed by atoms with Gasteiger partial charge in [-0.05, 0) is 52.0 Å². The van der Waals surface area contributed by atoms with Gasteiger partial charge in [0.05, 0.1) is 17.0 Å². The van der Waals surface area contributed by atoms with Gasteiger partial charge in [0, 0.05) is 18.8 Å². The van der Waals surface area contributed by atoms with Gasteiger partial charge in [-0.2, -0.15) is 0 Å². The molecule has 0 saturated carbocycles. The smallest absolute Gasteiger partial charge is 0.240 e. The van der Waals surface area contributed by atoms with E-state index in [0.717, 1.165) is 5.69 Å². The van der Waals surface area contributed by atoms with Crippen molar-refractivity contribution in [3.05, 3.63) is 24.3 Å². The molecule has 0 heterocycles. The zero-order valence-electron chi connectivity index (χ0n) is 12.7. The highest BCUT2D eigenvalue weighted by Gasteiger charge is 2.23. The fourth-order valence-corrected chi connectivity index (χ4v) is 2.93. The molecule has 2 N–H and O–H groups in total. The van der Waals surface area contributed by atoms with Crippen molar-refractivity contribution in [1.29, 1.82) is 0 Å². The first kappa shape index (κ1) is 16.9. The zero-order valence-corrected chi connectivity index (χ0v) is 13.5. The molecular weight excluding hydrogens is 276 g/mol. The van der Waals surface area contributed by atoms with Crippen LogP contribution in [0.15, 0.2) is 29.2 Å². The van der Waals surface area contributed by atoms with Gasteiger partial charge in [0.15, 0.2) is 0 Å². The average molecular weight is 300 g/mol. The van der Waals surface area contributed by atoms with Crippen LogP contribution in [-0.2, 0) is 10.0 Å². The number of hydrogen-bond acceptors (Lipinski definition) is 4. The summed E-state index contributed by atoms with van der Waals surface area (Å²) in [6.45, 7) is 7.40. The van der Waals surface area contributed by atoms with Gasteiger partial charge in [-0.15, -0.1) is 0 Å². The van der Waals surface area contributed by atoms with E-state index in [-0.39, 0.29) is 17.5 Å². The summed E-state index contributed by atoms with van der Waals surface area (Å²) in [5.74, 6) is 0. The lowest BCUT2D eigenvalue weighted by molar-refractivity contribution is 0.216. The fourth-order valence-electron chi connectivity index (χ4n) is 1.68. The third-order valence-corrected chi connectivity index (χ3v) is 4.89. The second-order valence-corrected chi connectivity index (χ2v) is 7.51. The number of hydrogen-bond donors (Lipinski definition) is 2. The largest absolute Gasteiger partial charge is 0.394 e.